The molecule has 1 heterocycles. The number of carboxylic acids is 1. The van der Waals surface area contributed by atoms with Crippen molar-refractivity contribution < 1.29 is 14.7 Å². The molecule has 2 aliphatic rings. The molecule has 0 radical (unpaired) electrons. The lowest BCUT2D eigenvalue weighted by Crippen LogP contribution is -2.44. The van der Waals surface area contributed by atoms with E-state index in [0.29, 0.717) is 19.4 Å². The van der Waals surface area contributed by atoms with Crippen LogP contribution in [-0.2, 0) is 9.59 Å². The Hall–Kier alpha value is -1.14. The number of hydrogen-bond donors (Lipinski definition) is 3. The highest BCUT2D eigenvalue weighted by molar-refractivity contribution is 5.84. The van der Waals surface area contributed by atoms with Crippen molar-refractivity contribution in [2.45, 2.75) is 32.1 Å². The van der Waals surface area contributed by atoms with Gasteiger partial charge in [0.2, 0.25) is 5.91 Å². The standard InChI is InChI=1S/C15H27N3O3/c19-14(12-4-1-2-5-13(12)15(20)21)17-6-3-9-18-10-7-16-8-11-18/h12-13,16H,1-11H2,(H,17,19)(H,20,21). The van der Waals surface area contributed by atoms with E-state index in [-0.39, 0.29) is 11.8 Å². The molecule has 0 aromatic heterocycles. The Bertz CT molecular complexity index is 356. The number of rotatable bonds is 6. The van der Waals surface area contributed by atoms with E-state index in [2.05, 4.69) is 15.5 Å². The third-order valence-electron chi connectivity index (χ3n) is 4.58. The fourth-order valence-electron chi connectivity index (χ4n) is 3.32. The molecule has 1 aliphatic carbocycles. The summed E-state index contributed by atoms with van der Waals surface area (Å²) in [5, 5.41) is 15.5. The van der Waals surface area contributed by atoms with Gasteiger partial charge in [0.25, 0.3) is 0 Å². The molecule has 2 atom stereocenters. The van der Waals surface area contributed by atoms with E-state index in [1.54, 1.807) is 0 Å². The van der Waals surface area contributed by atoms with Crippen LogP contribution in [0.2, 0.25) is 0 Å². The fourth-order valence-corrected chi connectivity index (χ4v) is 3.32. The number of carbonyl (C=O) groups is 2. The molecule has 3 N–H and O–H groups in total. The number of piperazine rings is 1. The first-order valence-electron chi connectivity index (χ1n) is 8.12. The second-order valence-electron chi connectivity index (χ2n) is 6.07. The molecule has 1 saturated heterocycles. The summed E-state index contributed by atoms with van der Waals surface area (Å²) in [4.78, 5) is 25.8. The van der Waals surface area contributed by atoms with Crippen molar-refractivity contribution >= 4 is 11.9 Å². The van der Waals surface area contributed by atoms with Gasteiger partial charge in [-0.2, -0.15) is 0 Å². The first kappa shape index (κ1) is 16.2. The van der Waals surface area contributed by atoms with Gasteiger partial charge in [-0.1, -0.05) is 12.8 Å². The van der Waals surface area contributed by atoms with E-state index >= 15 is 0 Å². The maximum Gasteiger partial charge on any atom is 0.307 e. The fraction of sp³-hybridized carbons (Fsp3) is 0.867. The van der Waals surface area contributed by atoms with Crippen LogP contribution in [0.15, 0.2) is 0 Å². The Kier molecular flexibility index (Phi) is 6.45. The summed E-state index contributed by atoms with van der Waals surface area (Å²) in [5.41, 5.74) is 0. The van der Waals surface area contributed by atoms with E-state index in [4.69, 9.17) is 0 Å². The van der Waals surface area contributed by atoms with Crippen LogP contribution in [0.5, 0.6) is 0 Å². The minimum Gasteiger partial charge on any atom is -0.481 e. The maximum absolute atomic E-state index is 12.2. The van der Waals surface area contributed by atoms with Gasteiger partial charge in [-0.25, -0.2) is 0 Å². The van der Waals surface area contributed by atoms with Crippen molar-refractivity contribution in [3.63, 3.8) is 0 Å². The summed E-state index contributed by atoms with van der Waals surface area (Å²) in [5.74, 6) is -1.72. The number of amides is 1. The predicted octanol–water partition coefficient (Wildman–Crippen LogP) is 0.289. The number of carbonyl (C=O) groups excluding carboxylic acids is 1. The number of nitrogens with one attached hydrogen (secondary N) is 2. The number of carboxylic acid groups (broad SMARTS) is 1. The molecular formula is C15H27N3O3. The lowest BCUT2D eigenvalue weighted by Gasteiger charge is -2.28. The molecule has 6 nitrogen and oxygen atoms in total. The highest BCUT2D eigenvalue weighted by Crippen LogP contribution is 2.30. The van der Waals surface area contributed by atoms with Crippen LogP contribution in [0.3, 0.4) is 0 Å². The van der Waals surface area contributed by atoms with Gasteiger partial charge in [-0.15, -0.1) is 0 Å². The Morgan fingerprint density at radius 2 is 1.81 bits per heavy atom. The van der Waals surface area contributed by atoms with Gasteiger partial charge in [-0.3, -0.25) is 9.59 Å². The summed E-state index contributed by atoms with van der Waals surface area (Å²) in [6.07, 6.45) is 4.15. The zero-order chi connectivity index (χ0) is 15.1. The molecule has 0 spiro atoms. The molecule has 2 rings (SSSR count). The topological polar surface area (TPSA) is 81.7 Å². The lowest BCUT2D eigenvalue weighted by atomic mass is 9.79. The summed E-state index contributed by atoms with van der Waals surface area (Å²) >= 11 is 0. The van der Waals surface area contributed by atoms with Gasteiger partial charge in [-0.05, 0) is 25.8 Å². The van der Waals surface area contributed by atoms with E-state index in [1.807, 2.05) is 0 Å². The summed E-state index contributed by atoms with van der Waals surface area (Å²) in [6, 6.07) is 0. The van der Waals surface area contributed by atoms with E-state index in [9.17, 15) is 14.7 Å². The molecule has 2 fully saturated rings. The van der Waals surface area contributed by atoms with E-state index in [0.717, 1.165) is 52.0 Å². The molecule has 0 aromatic carbocycles. The predicted molar refractivity (Wildman–Crippen MR) is 80.0 cm³/mol. The summed E-state index contributed by atoms with van der Waals surface area (Å²) in [7, 11) is 0. The van der Waals surface area contributed by atoms with Gasteiger partial charge >= 0.3 is 5.97 Å². The minimum absolute atomic E-state index is 0.0672. The number of hydrogen-bond acceptors (Lipinski definition) is 4. The van der Waals surface area contributed by atoms with Crippen LogP contribution in [-0.4, -0.2) is 61.2 Å². The van der Waals surface area contributed by atoms with Crippen molar-refractivity contribution in [2.75, 3.05) is 39.3 Å². The van der Waals surface area contributed by atoms with Crippen molar-refractivity contribution in [3.8, 4) is 0 Å². The molecule has 0 aromatic rings. The van der Waals surface area contributed by atoms with Crippen molar-refractivity contribution in [2.24, 2.45) is 11.8 Å². The average Bonchev–Trinajstić information content (AvgIpc) is 2.52. The zero-order valence-electron chi connectivity index (χ0n) is 12.6. The SMILES string of the molecule is O=C(O)C1CCCCC1C(=O)NCCCN1CCNCC1. The van der Waals surface area contributed by atoms with Gasteiger partial charge in [0, 0.05) is 32.7 Å². The van der Waals surface area contributed by atoms with E-state index in [1.165, 1.54) is 0 Å². The quantitative estimate of drug-likeness (QED) is 0.614. The molecule has 1 aliphatic heterocycles. The number of nitrogens with zero attached hydrogens (tertiary/aromatic N) is 1. The molecule has 0 bridgehead atoms. The number of aliphatic carboxylic acids is 1. The largest absolute Gasteiger partial charge is 0.481 e. The molecule has 6 heteroatoms. The third-order valence-corrected chi connectivity index (χ3v) is 4.58. The van der Waals surface area contributed by atoms with Crippen LogP contribution in [0.4, 0.5) is 0 Å². The van der Waals surface area contributed by atoms with Gasteiger partial charge < -0.3 is 20.6 Å². The first-order chi connectivity index (χ1) is 10.2. The molecule has 2 unspecified atom stereocenters. The van der Waals surface area contributed by atoms with E-state index < -0.39 is 11.9 Å². The zero-order valence-corrected chi connectivity index (χ0v) is 12.6. The van der Waals surface area contributed by atoms with Gasteiger partial charge in [0.1, 0.15) is 0 Å². The molecule has 1 amide bonds. The van der Waals surface area contributed by atoms with Crippen LogP contribution in [0.25, 0.3) is 0 Å². The molecule has 21 heavy (non-hydrogen) atoms. The smallest absolute Gasteiger partial charge is 0.307 e. The first-order valence-corrected chi connectivity index (χ1v) is 8.12. The second-order valence-corrected chi connectivity index (χ2v) is 6.07. The summed E-state index contributed by atoms with van der Waals surface area (Å²) < 4.78 is 0. The second kappa shape index (κ2) is 8.34. The Labute approximate surface area is 126 Å². The van der Waals surface area contributed by atoms with Gasteiger partial charge in [0.15, 0.2) is 0 Å². The van der Waals surface area contributed by atoms with Crippen molar-refractivity contribution in [1.82, 2.24) is 15.5 Å². The molecule has 1 saturated carbocycles. The Morgan fingerprint density at radius 1 is 1.14 bits per heavy atom. The highest BCUT2D eigenvalue weighted by Gasteiger charge is 2.35. The molecule has 120 valence electrons. The minimum atomic E-state index is -0.823. The molecular weight excluding hydrogens is 270 g/mol. The Balaban J connectivity index is 1.67. The summed E-state index contributed by atoms with van der Waals surface area (Å²) in [6.45, 7) is 5.85. The third kappa shape index (κ3) is 4.97. The monoisotopic (exact) mass is 297 g/mol. The Morgan fingerprint density at radius 3 is 2.48 bits per heavy atom. The van der Waals surface area contributed by atoms with Crippen LogP contribution < -0.4 is 10.6 Å². The van der Waals surface area contributed by atoms with Crippen LogP contribution >= 0.6 is 0 Å². The van der Waals surface area contributed by atoms with Crippen molar-refractivity contribution in [3.05, 3.63) is 0 Å². The average molecular weight is 297 g/mol. The van der Waals surface area contributed by atoms with Crippen molar-refractivity contribution in [1.29, 1.82) is 0 Å². The maximum atomic E-state index is 12.2. The highest BCUT2D eigenvalue weighted by atomic mass is 16.4. The van der Waals surface area contributed by atoms with Crippen LogP contribution in [0.1, 0.15) is 32.1 Å². The normalized spacial score (nSPS) is 27.2. The van der Waals surface area contributed by atoms with Gasteiger partial charge in [0.05, 0.1) is 11.8 Å². The van der Waals surface area contributed by atoms with Crippen LogP contribution in [0, 0.1) is 11.8 Å². The lowest BCUT2D eigenvalue weighted by molar-refractivity contribution is -0.148.